The van der Waals surface area contributed by atoms with E-state index in [1.165, 1.54) is 5.56 Å². The molecule has 0 unspecified atom stereocenters. The van der Waals surface area contributed by atoms with Crippen LogP contribution in [0.5, 0.6) is 0 Å². The SMILES string of the molecule is Cc1cc(C)n(CN2CCN(Cc3ccc(Cl)cc3)CC2)c(=S)c1C(N)=O. The fourth-order valence-electron chi connectivity index (χ4n) is 3.54. The number of nitrogens with two attached hydrogens (primary N) is 1. The predicted octanol–water partition coefficient (Wildman–Crippen LogP) is 3.36. The van der Waals surface area contributed by atoms with Gasteiger partial charge in [0.05, 0.1) is 12.2 Å². The Labute approximate surface area is 170 Å². The Morgan fingerprint density at radius 3 is 2.30 bits per heavy atom. The van der Waals surface area contributed by atoms with Gasteiger partial charge in [-0.05, 0) is 43.2 Å². The number of hydrogen-bond donors (Lipinski definition) is 1. The highest BCUT2D eigenvalue weighted by atomic mass is 35.5. The highest BCUT2D eigenvalue weighted by molar-refractivity contribution is 7.71. The number of rotatable bonds is 5. The standard InChI is InChI=1S/C20H25ClN4OS/c1-14-11-15(2)25(20(27)18(14)19(22)26)13-24-9-7-23(8-10-24)12-16-3-5-17(21)6-4-16/h3-6,11H,7-10,12-13H2,1-2H3,(H2,22,26). The molecule has 1 amide bonds. The van der Waals surface area contributed by atoms with Crippen LogP contribution in [0.25, 0.3) is 0 Å². The number of primary amides is 1. The van der Waals surface area contributed by atoms with Gasteiger partial charge in [-0.15, -0.1) is 0 Å². The normalized spacial score (nSPS) is 15.8. The van der Waals surface area contributed by atoms with Gasteiger partial charge >= 0.3 is 0 Å². The van der Waals surface area contributed by atoms with Crippen LogP contribution in [0.3, 0.4) is 0 Å². The van der Waals surface area contributed by atoms with Gasteiger partial charge in [-0.2, -0.15) is 0 Å². The van der Waals surface area contributed by atoms with Crippen molar-refractivity contribution in [3.63, 3.8) is 0 Å². The number of nitrogens with zero attached hydrogens (tertiary/aromatic N) is 3. The van der Waals surface area contributed by atoms with Gasteiger partial charge in [0.25, 0.3) is 5.91 Å². The molecule has 3 rings (SSSR count). The maximum Gasteiger partial charge on any atom is 0.251 e. The third-order valence-electron chi connectivity index (χ3n) is 5.08. The molecular weight excluding hydrogens is 380 g/mol. The largest absolute Gasteiger partial charge is 0.365 e. The summed E-state index contributed by atoms with van der Waals surface area (Å²) in [5.41, 5.74) is 9.14. The predicted molar refractivity (Wildman–Crippen MR) is 112 cm³/mol. The van der Waals surface area contributed by atoms with E-state index in [2.05, 4.69) is 21.9 Å². The quantitative estimate of drug-likeness (QED) is 0.776. The van der Waals surface area contributed by atoms with Gasteiger partial charge in [0, 0.05) is 43.4 Å². The van der Waals surface area contributed by atoms with Gasteiger partial charge in [0.2, 0.25) is 0 Å². The first-order valence-corrected chi connectivity index (χ1v) is 9.84. The topological polar surface area (TPSA) is 54.5 Å². The van der Waals surface area contributed by atoms with Crippen molar-refractivity contribution in [2.24, 2.45) is 5.73 Å². The Hall–Kier alpha value is -1.73. The number of hydrogen-bond acceptors (Lipinski definition) is 4. The average Bonchev–Trinajstić information content (AvgIpc) is 2.61. The zero-order chi connectivity index (χ0) is 19.6. The molecule has 5 nitrogen and oxygen atoms in total. The summed E-state index contributed by atoms with van der Waals surface area (Å²) in [6.07, 6.45) is 0. The second-order valence-corrected chi connectivity index (χ2v) is 7.93. The second-order valence-electron chi connectivity index (χ2n) is 7.10. The van der Waals surface area contributed by atoms with Gasteiger partial charge in [-0.25, -0.2) is 0 Å². The van der Waals surface area contributed by atoms with Crippen LogP contribution in [0.1, 0.15) is 27.2 Å². The Morgan fingerprint density at radius 2 is 1.70 bits per heavy atom. The van der Waals surface area contributed by atoms with Crippen LogP contribution in [-0.4, -0.2) is 46.5 Å². The minimum atomic E-state index is -0.459. The summed E-state index contributed by atoms with van der Waals surface area (Å²) < 4.78 is 2.54. The van der Waals surface area contributed by atoms with Gasteiger partial charge in [0.15, 0.2) is 0 Å². The van der Waals surface area contributed by atoms with E-state index in [9.17, 15) is 4.79 Å². The van der Waals surface area contributed by atoms with E-state index in [1.54, 1.807) is 0 Å². The number of benzene rings is 1. The summed E-state index contributed by atoms with van der Waals surface area (Å²) in [6, 6.07) is 10.0. The second kappa shape index (κ2) is 8.52. The van der Waals surface area contributed by atoms with Crippen molar-refractivity contribution in [2.45, 2.75) is 27.1 Å². The van der Waals surface area contributed by atoms with Gasteiger partial charge in [0.1, 0.15) is 4.64 Å². The van der Waals surface area contributed by atoms with Gasteiger partial charge in [-0.3, -0.25) is 14.6 Å². The highest BCUT2D eigenvalue weighted by Crippen LogP contribution is 2.16. The van der Waals surface area contributed by atoms with Crippen molar-refractivity contribution in [1.82, 2.24) is 14.4 Å². The Morgan fingerprint density at radius 1 is 1.11 bits per heavy atom. The van der Waals surface area contributed by atoms with E-state index in [1.807, 2.05) is 36.6 Å². The molecular formula is C20H25ClN4OS. The monoisotopic (exact) mass is 404 g/mol. The first-order chi connectivity index (χ1) is 12.8. The van der Waals surface area contributed by atoms with Crippen LogP contribution in [0.2, 0.25) is 5.02 Å². The number of amides is 1. The lowest BCUT2D eigenvalue weighted by Gasteiger charge is -2.35. The maximum atomic E-state index is 11.7. The first-order valence-electron chi connectivity index (χ1n) is 9.05. The molecule has 0 aliphatic carbocycles. The number of halogens is 1. The van der Waals surface area contributed by atoms with Crippen LogP contribution in [0, 0.1) is 18.5 Å². The third-order valence-corrected chi connectivity index (χ3v) is 5.75. The van der Waals surface area contributed by atoms with E-state index in [0.29, 0.717) is 16.9 Å². The summed E-state index contributed by atoms with van der Waals surface area (Å²) in [7, 11) is 0. The lowest BCUT2D eigenvalue weighted by atomic mass is 10.1. The van der Waals surface area contributed by atoms with E-state index < -0.39 is 5.91 Å². The fourth-order valence-corrected chi connectivity index (χ4v) is 4.13. The molecule has 2 aromatic rings. The van der Waals surface area contributed by atoms with E-state index in [0.717, 1.165) is 49.0 Å². The Balaban J connectivity index is 1.64. The van der Waals surface area contributed by atoms with Gasteiger partial charge in [-0.1, -0.05) is 36.0 Å². The lowest BCUT2D eigenvalue weighted by molar-refractivity contribution is 0.0982. The summed E-state index contributed by atoms with van der Waals surface area (Å²) in [4.78, 5) is 16.6. The van der Waals surface area contributed by atoms with E-state index in [-0.39, 0.29) is 0 Å². The van der Waals surface area contributed by atoms with Gasteiger partial charge < -0.3 is 10.3 Å². The number of aromatic nitrogens is 1. The number of carbonyl (C=O) groups excluding carboxylic acids is 1. The molecule has 1 fully saturated rings. The van der Waals surface area contributed by atoms with Crippen LogP contribution < -0.4 is 5.73 Å². The number of pyridine rings is 1. The minimum absolute atomic E-state index is 0.456. The van der Waals surface area contributed by atoms with Crippen molar-refractivity contribution in [2.75, 3.05) is 26.2 Å². The molecule has 0 atom stereocenters. The zero-order valence-corrected chi connectivity index (χ0v) is 17.3. The number of carbonyl (C=O) groups is 1. The third kappa shape index (κ3) is 4.76. The molecule has 7 heteroatoms. The molecule has 2 N–H and O–H groups in total. The fraction of sp³-hybridized carbons (Fsp3) is 0.400. The molecule has 1 saturated heterocycles. The van der Waals surface area contributed by atoms with Crippen LogP contribution in [0.15, 0.2) is 30.3 Å². The molecule has 0 saturated carbocycles. The summed E-state index contributed by atoms with van der Waals surface area (Å²) in [5, 5.41) is 0.768. The Kier molecular flexibility index (Phi) is 6.32. The molecule has 1 aromatic heterocycles. The molecule has 0 bridgehead atoms. The molecule has 1 aliphatic rings. The molecule has 2 heterocycles. The number of aryl methyl sites for hydroxylation is 2. The average molecular weight is 405 g/mol. The van der Waals surface area contributed by atoms with Crippen molar-refractivity contribution < 1.29 is 4.79 Å². The van der Waals surface area contributed by atoms with E-state index >= 15 is 0 Å². The van der Waals surface area contributed by atoms with Crippen molar-refractivity contribution >= 4 is 29.7 Å². The Bertz CT molecular complexity index is 886. The maximum absolute atomic E-state index is 11.7. The molecule has 0 radical (unpaired) electrons. The highest BCUT2D eigenvalue weighted by Gasteiger charge is 2.19. The minimum Gasteiger partial charge on any atom is -0.365 e. The van der Waals surface area contributed by atoms with Crippen LogP contribution in [-0.2, 0) is 13.2 Å². The van der Waals surface area contributed by atoms with E-state index in [4.69, 9.17) is 29.6 Å². The molecule has 144 valence electrons. The van der Waals surface area contributed by atoms with Crippen molar-refractivity contribution in [3.05, 3.63) is 62.4 Å². The first kappa shape index (κ1) is 20.0. The summed E-state index contributed by atoms with van der Waals surface area (Å²) in [5.74, 6) is -0.459. The molecule has 1 aliphatic heterocycles. The summed E-state index contributed by atoms with van der Waals surface area (Å²) in [6.45, 7) is 9.39. The summed E-state index contributed by atoms with van der Waals surface area (Å²) >= 11 is 11.5. The van der Waals surface area contributed by atoms with Crippen molar-refractivity contribution in [1.29, 1.82) is 0 Å². The number of piperazine rings is 1. The molecule has 0 spiro atoms. The van der Waals surface area contributed by atoms with Crippen LogP contribution >= 0.6 is 23.8 Å². The smallest absolute Gasteiger partial charge is 0.251 e. The zero-order valence-electron chi connectivity index (χ0n) is 15.7. The molecule has 27 heavy (non-hydrogen) atoms. The lowest BCUT2D eigenvalue weighted by Crippen LogP contribution is -2.46. The van der Waals surface area contributed by atoms with Crippen molar-refractivity contribution in [3.8, 4) is 0 Å². The van der Waals surface area contributed by atoms with Crippen LogP contribution in [0.4, 0.5) is 0 Å². The molecule has 1 aromatic carbocycles.